The third kappa shape index (κ3) is 2.85. The normalized spacial score (nSPS) is 17.1. The van der Waals surface area contributed by atoms with E-state index in [1.807, 2.05) is 18.2 Å². The maximum absolute atomic E-state index is 13.2. The van der Waals surface area contributed by atoms with Crippen LogP contribution in [0.4, 0.5) is 0 Å². The van der Waals surface area contributed by atoms with Crippen LogP contribution in [0, 0.1) is 0 Å². The molecule has 0 amide bonds. The van der Waals surface area contributed by atoms with Crippen LogP contribution in [0.5, 0.6) is 0 Å². The lowest BCUT2D eigenvalue weighted by Gasteiger charge is -2.21. The fourth-order valence-corrected chi connectivity index (χ4v) is 4.43. The van der Waals surface area contributed by atoms with Crippen LogP contribution >= 0.6 is 0 Å². The van der Waals surface area contributed by atoms with E-state index in [9.17, 15) is 14.7 Å². The summed E-state index contributed by atoms with van der Waals surface area (Å²) in [4.78, 5) is 29.8. The lowest BCUT2D eigenvalue weighted by Crippen LogP contribution is -2.32. The van der Waals surface area contributed by atoms with Crippen molar-refractivity contribution in [2.75, 3.05) is 6.54 Å². The Morgan fingerprint density at radius 1 is 1.27 bits per heavy atom. The predicted molar refractivity (Wildman–Crippen MR) is 112 cm³/mol. The number of aliphatic hydroxyl groups is 1. The molecule has 0 radical (unpaired) electrons. The molecule has 3 aromatic rings. The van der Waals surface area contributed by atoms with E-state index in [1.165, 1.54) is 5.56 Å². The largest absolute Gasteiger partial charge is 0.458 e. The number of rotatable bonds is 4. The SMILES string of the molecule is CC(C)NCCc1c2c(nc3ccccc13)-c1cc3c(c(=O)n1C2)COC(=O)C3O. The number of nitrogens with zero attached hydrogens (tertiary/aromatic N) is 2. The molecule has 7 heteroatoms. The number of benzene rings is 1. The van der Waals surface area contributed by atoms with Crippen molar-refractivity contribution < 1.29 is 14.6 Å². The number of nitrogens with one attached hydrogen (secondary N) is 1. The molecule has 2 aliphatic heterocycles. The second-order valence-electron chi connectivity index (χ2n) is 8.16. The molecule has 2 aromatic heterocycles. The zero-order valence-electron chi connectivity index (χ0n) is 16.9. The van der Waals surface area contributed by atoms with E-state index in [0.29, 0.717) is 29.4 Å². The number of aromatic nitrogens is 2. The Kier molecular flexibility index (Phi) is 4.45. The summed E-state index contributed by atoms with van der Waals surface area (Å²) in [6.45, 7) is 5.37. The number of carbonyl (C=O) groups excluding carboxylic acids is 1. The molecule has 0 bridgehead atoms. The van der Waals surface area contributed by atoms with Gasteiger partial charge in [-0.25, -0.2) is 9.78 Å². The van der Waals surface area contributed by atoms with Gasteiger partial charge in [0.1, 0.15) is 6.61 Å². The van der Waals surface area contributed by atoms with Gasteiger partial charge in [-0.05, 0) is 30.7 Å². The van der Waals surface area contributed by atoms with Crippen LogP contribution in [0.25, 0.3) is 22.3 Å². The Morgan fingerprint density at radius 2 is 2.07 bits per heavy atom. The van der Waals surface area contributed by atoms with Gasteiger partial charge in [-0.1, -0.05) is 32.0 Å². The number of cyclic esters (lactones) is 1. The first-order valence-electron chi connectivity index (χ1n) is 10.2. The Bertz CT molecular complexity index is 1250. The molecule has 154 valence electrons. The quantitative estimate of drug-likeness (QED) is 0.505. The van der Waals surface area contributed by atoms with Crippen molar-refractivity contribution in [3.8, 4) is 11.4 Å². The van der Waals surface area contributed by atoms with Crippen molar-refractivity contribution in [3.05, 3.63) is 62.9 Å². The van der Waals surface area contributed by atoms with Crippen molar-refractivity contribution in [1.29, 1.82) is 0 Å². The van der Waals surface area contributed by atoms with Crippen molar-refractivity contribution in [1.82, 2.24) is 14.9 Å². The van der Waals surface area contributed by atoms with Crippen LogP contribution in [-0.4, -0.2) is 33.2 Å². The van der Waals surface area contributed by atoms with Crippen molar-refractivity contribution in [2.24, 2.45) is 0 Å². The fraction of sp³-hybridized carbons (Fsp3) is 0.348. The Morgan fingerprint density at radius 3 is 2.87 bits per heavy atom. The summed E-state index contributed by atoms with van der Waals surface area (Å²) in [5, 5.41) is 14.8. The predicted octanol–water partition coefficient (Wildman–Crippen LogP) is 2.06. The molecule has 5 rings (SSSR count). The highest BCUT2D eigenvalue weighted by Gasteiger charge is 2.34. The molecular weight excluding hydrogens is 382 g/mol. The minimum atomic E-state index is -1.44. The molecule has 0 aliphatic carbocycles. The smallest absolute Gasteiger partial charge is 0.340 e. The van der Waals surface area contributed by atoms with Crippen molar-refractivity contribution >= 4 is 16.9 Å². The zero-order valence-corrected chi connectivity index (χ0v) is 16.9. The van der Waals surface area contributed by atoms with E-state index in [4.69, 9.17) is 9.72 Å². The van der Waals surface area contributed by atoms with E-state index in [-0.39, 0.29) is 12.2 Å². The van der Waals surface area contributed by atoms with Crippen LogP contribution < -0.4 is 10.9 Å². The van der Waals surface area contributed by atoms with Crippen LogP contribution in [0.1, 0.15) is 42.2 Å². The fourth-order valence-electron chi connectivity index (χ4n) is 4.43. The van der Waals surface area contributed by atoms with E-state index in [0.717, 1.165) is 35.1 Å². The molecule has 0 saturated heterocycles. The average molecular weight is 405 g/mol. The topological polar surface area (TPSA) is 93.5 Å². The number of hydrogen-bond donors (Lipinski definition) is 2. The third-order valence-corrected chi connectivity index (χ3v) is 5.91. The molecular formula is C23H23N3O4. The van der Waals surface area contributed by atoms with E-state index < -0.39 is 12.1 Å². The summed E-state index contributed by atoms with van der Waals surface area (Å²) in [6.07, 6.45) is -0.623. The first kappa shape index (κ1) is 19.0. The number of fused-ring (bicyclic) bond motifs is 5. The van der Waals surface area contributed by atoms with Crippen LogP contribution in [0.15, 0.2) is 35.1 Å². The van der Waals surface area contributed by atoms with Gasteiger partial charge in [0.05, 0.1) is 29.0 Å². The maximum Gasteiger partial charge on any atom is 0.340 e. The summed E-state index contributed by atoms with van der Waals surface area (Å²) in [6, 6.07) is 10.1. The number of hydrogen-bond acceptors (Lipinski definition) is 6. The number of pyridine rings is 2. The maximum atomic E-state index is 13.2. The molecule has 30 heavy (non-hydrogen) atoms. The van der Waals surface area contributed by atoms with E-state index in [2.05, 4.69) is 25.2 Å². The van der Waals surface area contributed by atoms with Crippen molar-refractivity contribution in [3.63, 3.8) is 0 Å². The third-order valence-electron chi connectivity index (χ3n) is 5.91. The molecule has 2 aliphatic rings. The van der Waals surface area contributed by atoms with Gasteiger partial charge in [-0.15, -0.1) is 0 Å². The molecule has 0 fully saturated rings. The van der Waals surface area contributed by atoms with Gasteiger partial charge in [0.25, 0.3) is 5.56 Å². The summed E-state index contributed by atoms with van der Waals surface area (Å²) >= 11 is 0. The van der Waals surface area contributed by atoms with Gasteiger partial charge in [-0.3, -0.25) is 4.79 Å². The molecule has 0 saturated carbocycles. The first-order valence-corrected chi connectivity index (χ1v) is 10.2. The highest BCUT2D eigenvalue weighted by atomic mass is 16.5. The molecule has 0 spiro atoms. The van der Waals surface area contributed by atoms with Gasteiger partial charge in [0.2, 0.25) is 0 Å². The first-order chi connectivity index (χ1) is 14.5. The molecule has 1 aromatic carbocycles. The zero-order chi connectivity index (χ0) is 21.0. The van der Waals surface area contributed by atoms with E-state index in [1.54, 1.807) is 10.6 Å². The Balaban J connectivity index is 1.70. The summed E-state index contributed by atoms with van der Waals surface area (Å²) in [5.74, 6) is -0.725. The molecule has 1 unspecified atom stereocenters. The summed E-state index contributed by atoms with van der Waals surface area (Å²) in [7, 11) is 0. The van der Waals surface area contributed by atoms with Crippen LogP contribution in [-0.2, 0) is 29.1 Å². The minimum absolute atomic E-state index is 0.110. The lowest BCUT2D eigenvalue weighted by atomic mass is 9.97. The molecule has 4 heterocycles. The number of para-hydroxylation sites is 1. The second-order valence-corrected chi connectivity index (χ2v) is 8.16. The second kappa shape index (κ2) is 7.04. The van der Waals surface area contributed by atoms with E-state index >= 15 is 0 Å². The summed E-state index contributed by atoms with van der Waals surface area (Å²) < 4.78 is 6.65. The van der Waals surface area contributed by atoms with Gasteiger partial charge in [-0.2, -0.15) is 0 Å². The summed E-state index contributed by atoms with van der Waals surface area (Å²) in [5.41, 5.74) is 4.90. The number of aliphatic hydroxyl groups excluding tert-OH is 1. The van der Waals surface area contributed by atoms with Gasteiger partial charge < -0.3 is 19.7 Å². The monoisotopic (exact) mass is 405 g/mol. The van der Waals surface area contributed by atoms with Crippen molar-refractivity contribution in [2.45, 2.75) is 45.6 Å². The lowest BCUT2D eigenvalue weighted by molar-refractivity contribution is -0.157. The Labute approximate surface area is 173 Å². The number of carbonyl (C=O) groups is 1. The molecule has 7 nitrogen and oxygen atoms in total. The minimum Gasteiger partial charge on any atom is -0.458 e. The number of esters is 1. The standard InChI is InChI=1S/C23H23N3O4/c1-12(2)24-8-7-13-14-5-3-4-6-18(14)25-20-16(13)10-26-19(20)9-15-17(22(26)28)11-30-23(29)21(15)27/h3-6,9,12,21,24,27H,7-8,10-11H2,1-2H3. The number of ether oxygens (including phenoxy) is 1. The van der Waals surface area contributed by atoms with Crippen LogP contribution in [0.3, 0.4) is 0 Å². The highest BCUT2D eigenvalue weighted by Crippen LogP contribution is 2.37. The Hall–Kier alpha value is -3.03. The average Bonchev–Trinajstić information content (AvgIpc) is 3.09. The molecule has 2 N–H and O–H groups in total. The van der Waals surface area contributed by atoms with Gasteiger partial charge in [0.15, 0.2) is 6.10 Å². The molecule has 1 atom stereocenters. The van der Waals surface area contributed by atoms with Crippen LogP contribution in [0.2, 0.25) is 0 Å². The van der Waals surface area contributed by atoms with Gasteiger partial charge >= 0.3 is 5.97 Å². The highest BCUT2D eigenvalue weighted by molar-refractivity contribution is 5.88. The van der Waals surface area contributed by atoms with Gasteiger partial charge in [0, 0.05) is 22.6 Å².